The van der Waals surface area contributed by atoms with Gasteiger partial charge in [0.1, 0.15) is 5.65 Å². The van der Waals surface area contributed by atoms with Gasteiger partial charge in [0.15, 0.2) is 0 Å². The highest BCUT2D eigenvalue weighted by Gasteiger charge is 2.04. The molecule has 3 aromatic rings. The lowest BCUT2D eigenvalue weighted by atomic mass is 10.2. The van der Waals surface area contributed by atoms with Gasteiger partial charge in [-0.3, -0.25) is 0 Å². The summed E-state index contributed by atoms with van der Waals surface area (Å²) in [6, 6.07) is 8.27. The monoisotopic (exact) mass is 275 g/mol. The van der Waals surface area contributed by atoms with Gasteiger partial charge < -0.3 is 10.1 Å². The fraction of sp³-hybridized carbons (Fsp3) is 0.0833. The first-order valence-corrected chi connectivity index (χ1v) is 5.83. The first-order valence-electron chi connectivity index (χ1n) is 5.04. The van der Waals surface area contributed by atoms with Gasteiger partial charge in [0, 0.05) is 28.8 Å². The van der Waals surface area contributed by atoms with Gasteiger partial charge in [0.05, 0.1) is 5.69 Å². The molecule has 0 unspecified atom stereocenters. The SMILES string of the molecule is NCc1cn2ccc3ccc(Br)cc3c2n1. The van der Waals surface area contributed by atoms with Gasteiger partial charge in [-0.15, -0.1) is 0 Å². The van der Waals surface area contributed by atoms with Gasteiger partial charge in [-0.25, -0.2) is 4.98 Å². The zero-order valence-corrected chi connectivity index (χ0v) is 10.1. The summed E-state index contributed by atoms with van der Waals surface area (Å²) < 4.78 is 3.07. The van der Waals surface area contributed by atoms with Crippen molar-refractivity contribution in [2.45, 2.75) is 6.54 Å². The molecule has 4 heteroatoms. The molecule has 2 aromatic heterocycles. The van der Waals surface area contributed by atoms with Crippen LogP contribution in [-0.2, 0) is 6.54 Å². The number of pyridine rings is 1. The zero-order valence-electron chi connectivity index (χ0n) is 8.52. The lowest BCUT2D eigenvalue weighted by Gasteiger charge is -2.00. The predicted molar refractivity (Wildman–Crippen MR) is 68.3 cm³/mol. The van der Waals surface area contributed by atoms with Crippen molar-refractivity contribution in [1.29, 1.82) is 0 Å². The van der Waals surface area contributed by atoms with E-state index < -0.39 is 0 Å². The van der Waals surface area contributed by atoms with Crippen molar-refractivity contribution < 1.29 is 0 Å². The van der Waals surface area contributed by atoms with Crippen LogP contribution in [0.3, 0.4) is 0 Å². The Labute approximate surface area is 101 Å². The number of imidazole rings is 1. The van der Waals surface area contributed by atoms with Crippen molar-refractivity contribution >= 4 is 32.3 Å². The van der Waals surface area contributed by atoms with Crippen molar-refractivity contribution in [1.82, 2.24) is 9.38 Å². The van der Waals surface area contributed by atoms with Crippen molar-refractivity contribution in [2.75, 3.05) is 0 Å². The standard InChI is InChI=1S/C12H10BrN3/c13-9-2-1-8-3-4-16-7-10(6-14)15-12(16)11(8)5-9/h1-5,7H,6,14H2. The molecule has 0 aliphatic heterocycles. The number of hydrogen-bond donors (Lipinski definition) is 1. The molecule has 0 atom stereocenters. The van der Waals surface area contributed by atoms with Gasteiger partial charge in [-0.1, -0.05) is 22.0 Å². The average Bonchev–Trinajstić information content (AvgIpc) is 2.72. The van der Waals surface area contributed by atoms with Crippen molar-refractivity contribution in [3.05, 3.63) is 46.8 Å². The van der Waals surface area contributed by atoms with Gasteiger partial charge in [0.2, 0.25) is 0 Å². The second-order valence-corrected chi connectivity index (χ2v) is 4.63. The van der Waals surface area contributed by atoms with E-state index in [1.165, 1.54) is 5.39 Å². The minimum absolute atomic E-state index is 0.469. The number of fused-ring (bicyclic) bond motifs is 3. The molecule has 0 saturated heterocycles. The third kappa shape index (κ3) is 1.42. The highest BCUT2D eigenvalue weighted by Crippen LogP contribution is 2.23. The number of nitrogens with two attached hydrogens (primary N) is 1. The Morgan fingerprint density at radius 3 is 3.00 bits per heavy atom. The largest absolute Gasteiger partial charge is 0.325 e. The Morgan fingerprint density at radius 2 is 2.19 bits per heavy atom. The minimum atomic E-state index is 0.469. The number of nitrogens with zero attached hydrogens (tertiary/aromatic N) is 2. The second kappa shape index (κ2) is 3.57. The number of rotatable bonds is 1. The quantitative estimate of drug-likeness (QED) is 0.742. The number of halogens is 1. The summed E-state index contributed by atoms with van der Waals surface area (Å²) in [5.41, 5.74) is 7.47. The maximum absolute atomic E-state index is 5.60. The van der Waals surface area contributed by atoms with E-state index in [4.69, 9.17) is 5.73 Å². The highest BCUT2D eigenvalue weighted by molar-refractivity contribution is 9.10. The van der Waals surface area contributed by atoms with Crippen LogP contribution in [0.1, 0.15) is 5.69 Å². The van der Waals surface area contributed by atoms with Crippen LogP contribution in [0.5, 0.6) is 0 Å². The van der Waals surface area contributed by atoms with Crippen molar-refractivity contribution in [3.8, 4) is 0 Å². The van der Waals surface area contributed by atoms with Crippen LogP contribution in [0.25, 0.3) is 16.4 Å². The molecule has 16 heavy (non-hydrogen) atoms. The van der Waals surface area contributed by atoms with Crippen LogP contribution in [-0.4, -0.2) is 9.38 Å². The first-order chi connectivity index (χ1) is 7.78. The van der Waals surface area contributed by atoms with Crippen LogP contribution in [0.4, 0.5) is 0 Å². The molecule has 0 radical (unpaired) electrons. The van der Waals surface area contributed by atoms with E-state index in [0.717, 1.165) is 21.2 Å². The lowest BCUT2D eigenvalue weighted by molar-refractivity contribution is 1.02. The van der Waals surface area contributed by atoms with Crippen LogP contribution >= 0.6 is 15.9 Å². The molecule has 0 saturated carbocycles. The predicted octanol–water partition coefficient (Wildman–Crippen LogP) is 2.71. The third-order valence-electron chi connectivity index (χ3n) is 2.66. The van der Waals surface area contributed by atoms with Gasteiger partial charge in [-0.2, -0.15) is 0 Å². The minimum Gasteiger partial charge on any atom is -0.325 e. The number of aromatic nitrogens is 2. The van der Waals surface area contributed by atoms with Crippen LogP contribution in [0.2, 0.25) is 0 Å². The Balaban J connectivity index is 2.46. The van der Waals surface area contributed by atoms with Crippen LogP contribution < -0.4 is 5.73 Å². The van der Waals surface area contributed by atoms with E-state index in [2.05, 4.69) is 39.1 Å². The van der Waals surface area contributed by atoms with E-state index in [-0.39, 0.29) is 0 Å². The molecule has 2 heterocycles. The van der Waals surface area contributed by atoms with Gasteiger partial charge in [-0.05, 0) is 23.6 Å². The lowest BCUT2D eigenvalue weighted by Crippen LogP contribution is -1.95. The van der Waals surface area contributed by atoms with Crippen molar-refractivity contribution in [3.63, 3.8) is 0 Å². The number of benzene rings is 1. The summed E-state index contributed by atoms with van der Waals surface area (Å²) in [6.45, 7) is 0.469. The van der Waals surface area contributed by atoms with E-state index in [1.807, 2.05) is 22.9 Å². The molecule has 3 nitrogen and oxygen atoms in total. The molecule has 2 N–H and O–H groups in total. The smallest absolute Gasteiger partial charge is 0.145 e. The van der Waals surface area contributed by atoms with E-state index in [1.54, 1.807) is 0 Å². The Morgan fingerprint density at radius 1 is 1.31 bits per heavy atom. The molecule has 0 aliphatic carbocycles. The van der Waals surface area contributed by atoms with Gasteiger partial charge >= 0.3 is 0 Å². The topological polar surface area (TPSA) is 43.3 Å². The van der Waals surface area contributed by atoms with E-state index in [0.29, 0.717) is 6.54 Å². The molecule has 3 rings (SSSR count). The molecule has 1 aromatic carbocycles. The molecular weight excluding hydrogens is 266 g/mol. The Bertz CT molecular complexity index is 672. The zero-order chi connectivity index (χ0) is 11.1. The fourth-order valence-corrected chi connectivity index (χ4v) is 2.24. The summed E-state index contributed by atoms with van der Waals surface area (Å²) >= 11 is 3.48. The van der Waals surface area contributed by atoms with Crippen LogP contribution in [0.15, 0.2) is 41.1 Å². The normalized spacial score (nSPS) is 11.4. The molecular formula is C12H10BrN3. The molecule has 80 valence electrons. The summed E-state index contributed by atoms with van der Waals surface area (Å²) in [7, 11) is 0. The first kappa shape index (κ1) is 9.81. The fourth-order valence-electron chi connectivity index (χ4n) is 1.88. The molecule has 0 spiro atoms. The molecule has 0 aliphatic rings. The molecule has 0 amide bonds. The highest BCUT2D eigenvalue weighted by atomic mass is 79.9. The molecule has 0 bridgehead atoms. The number of hydrogen-bond acceptors (Lipinski definition) is 2. The second-order valence-electron chi connectivity index (χ2n) is 3.71. The summed E-state index contributed by atoms with van der Waals surface area (Å²) in [4.78, 5) is 4.52. The summed E-state index contributed by atoms with van der Waals surface area (Å²) in [5, 5.41) is 2.32. The molecule has 0 fully saturated rings. The summed E-state index contributed by atoms with van der Waals surface area (Å²) in [6.07, 6.45) is 3.98. The average molecular weight is 276 g/mol. The Hall–Kier alpha value is -1.39. The summed E-state index contributed by atoms with van der Waals surface area (Å²) in [5.74, 6) is 0. The third-order valence-corrected chi connectivity index (χ3v) is 3.16. The maximum Gasteiger partial charge on any atom is 0.145 e. The maximum atomic E-state index is 5.60. The van der Waals surface area contributed by atoms with Gasteiger partial charge in [0.25, 0.3) is 0 Å². The Kier molecular flexibility index (Phi) is 2.19. The van der Waals surface area contributed by atoms with Crippen molar-refractivity contribution in [2.24, 2.45) is 5.73 Å². The van der Waals surface area contributed by atoms with E-state index >= 15 is 0 Å². The van der Waals surface area contributed by atoms with E-state index in [9.17, 15) is 0 Å². The van der Waals surface area contributed by atoms with Crippen LogP contribution in [0, 0.1) is 0 Å².